The topological polar surface area (TPSA) is 23.5 Å². The molecule has 0 heterocycles. The van der Waals surface area contributed by atoms with Crippen LogP contribution in [-0.2, 0) is 0 Å². The summed E-state index contributed by atoms with van der Waals surface area (Å²) in [6.07, 6.45) is -0.367. The van der Waals surface area contributed by atoms with Crippen molar-refractivity contribution in [3.8, 4) is 0 Å². The van der Waals surface area contributed by atoms with Crippen molar-refractivity contribution in [3.05, 3.63) is 65.7 Å². The van der Waals surface area contributed by atoms with E-state index in [1.54, 1.807) is 42.3 Å². The first kappa shape index (κ1) is 14.5. The molecule has 0 fully saturated rings. The van der Waals surface area contributed by atoms with Crippen LogP contribution in [0.1, 0.15) is 18.1 Å². The number of benzene rings is 2. The van der Waals surface area contributed by atoms with E-state index in [2.05, 4.69) is 0 Å². The molecule has 2 aromatic rings. The van der Waals surface area contributed by atoms with Crippen LogP contribution in [0, 0.1) is 11.6 Å². The third-order valence-corrected chi connectivity index (χ3v) is 3.24. The molecule has 2 aromatic carbocycles. The third-order valence-electron chi connectivity index (χ3n) is 3.24. The lowest BCUT2D eigenvalue weighted by Gasteiger charge is -2.21. The van der Waals surface area contributed by atoms with Gasteiger partial charge in [-0.2, -0.15) is 0 Å². The Kier molecular flexibility index (Phi) is 4.69. The molecule has 20 heavy (non-hydrogen) atoms. The van der Waals surface area contributed by atoms with Crippen LogP contribution < -0.4 is 4.90 Å². The van der Waals surface area contributed by atoms with E-state index in [0.29, 0.717) is 24.2 Å². The minimum atomic E-state index is -0.764. The largest absolute Gasteiger partial charge is 0.388 e. The molecule has 1 N–H and O–H groups in total. The number of aliphatic hydroxyl groups excluding tert-OH is 1. The number of halogens is 2. The van der Waals surface area contributed by atoms with Gasteiger partial charge in [0, 0.05) is 13.6 Å². The second kappa shape index (κ2) is 6.48. The van der Waals surface area contributed by atoms with Gasteiger partial charge in [0.15, 0.2) is 0 Å². The number of hydrogen-bond donors (Lipinski definition) is 1. The van der Waals surface area contributed by atoms with E-state index in [4.69, 9.17) is 0 Å². The summed E-state index contributed by atoms with van der Waals surface area (Å²) < 4.78 is 26.7. The lowest BCUT2D eigenvalue weighted by atomic mass is 10.1. The normalized spacial score (nSPS) is 12.2. The zero-order valence-corrected chi connectivity index (χ0v) is 11.3. The number of para-hydroxylation sites is 1. The predicted octanol–water partition coefficient (Wildman–Crippen LogP) is 3.52. The average molecular weight is 277 g/mol. The van der Waals surface area contributed by atoms with Gasteiger partial charge in [-0.05, 0) is 36.2 Å². The van der Waals surface area contributed by atoms with Crippen LogP contribution >= 0.6 is 0 Å². The van der Waals surface area contributed by atoms with Gasteiger partial charge in [-0.1, -0.05) is 24.3 Å². The zero-order chi connectivity index (χ0) is 14.5. The molecule has 0 aromatic heterocycles. The Balaban J connectivity index is 1.97. The maximum atomic E-state index is 13.6. The average Bonchev–Trinajstić information content (AvgIpc) is 2.45. The Morgan fingerprint density at radius 1 is 1.10 bits per heavy atom. The minimum Gasteiger partial charge on any atom is -0.388 e. The fourth-order valence-electron chi connectivity index (χ4n) is 2.08. The predicted molar refractivity (Wildman–Crippen MR) is 75.6 cm³/mol. The molecule has 2 nitrogen and oxygen atoms in total. The molecule has 0 aliphatic rings. The van der Waals surface area contributed by atoms with E-state index in [1.807, 2.05) is 0 Å². The van der Waals surface area contributed by atoms with Crippen LogP contribution in [0.3, 0.4) is 0 Å². The SMILES string of the molecule is CN(CCC(O)c1cccc(F)c1)c1ccccc1F. The summed E-state index contributed by atoms with van der Waals surface area (Å²) in [7, 11) is 1.76. The third kappa shape index (κ3) is 3.54. The number of nitrogens with zero attached hydrogens (tertiary/aromatic N) is 1. The molecule has 0 saturated heterocycles. The zero-order valence-electron chi connectivity index (χ0n) is 11.3. The molecular formula is C16H17F2NO. The van der Waals surface area contributed by atoms with Crippen molar-refractivity contribution in [2.24, 2.45) is 0 Å². The lowest BCUT2D eigenvalue weighted by molar-refractivity contribution is 0.169. The molecule has 0 aliphatic carbocycles. The Bertz CT molecular complexity index is 574. The van der Waals surface area contributed by atoms with Crippen molar-refractivity contribution in [1.82, 2.24) is 0 Å². The van der Waals surface area contributed by atoms with Gasteiger partial charge < -0.3 is 10.0 Å². The molecule has 0 bridgehead atoms. The molecule has 4 heteroatoms. The van der Waals surface area contributed by atoms with Gasteiger partial charge in [-0.15, -0.1) is 0 Å². The van der Waals surface area contributed by atoms with Crippen LogP contribution in [-0.4, -0.2) is 18.7 Å². The first-order chi connectivity index (χ1) is 9.58. The molecule has 0 aliphatic heterocycles. The highest BCUT2D eigenvalue weighted by atomic mass is 19.1. The van der Waals surface area contributed by atoms with E-state index in [0.717, 1.165) is 0 Å². The number of rotatable bonds is 5. The van der Waals surface area contributed by atoms with Gasteiger partial charge in [0.25, 0.3) is 0 Å². The second-order valence-electron chi connectivity index (χ2n) is 4.73. The first-order valence-corrected chi connectivity index (χ1v) is 6.47. The lowest BCUT2D eigenvalue weighted by Crippen LogP contribution is -2.21. The molecule has 106 valence electrons. The van der Waals surface area contributed by atoms with Gasteiger partial charge in [0.05, 0.1) is 11.8 Å². The maximum absolute atomic E-state index is 13.6. The summed E-state index contributed by atoms with van der Waals surface area (Å²) in [6, 6.07) is 12.4. The number of hydrogen-bond acceptors (Lipinski definition) is 2. The van der Waals surface area contributed by atoms with E-state index in [9.17, 15) is 13.9 Å². The summed E-state index contributed by atoms with van der Waals surface area (Å²) >= 11 is 0. The Hall–Kier alpha value is -1.94. The molecule has 2 rings (SSSR count). The second-order valence-corrected chi connectivity index (χ2v) is 4.73. The van der Waals surface area contributed by atoms with E-state index < -0.39 is 6.10 Å². The Morgan fingerprint density at radius 2 is 1.85 bits per heavy atom. The van der Waals surface area contributed by atoms with Gasteiger partial charge >= 0.3 is 0 Å². The summed E-state index contributed by atoms with van der Waals surface area (Å²) in [5.74, 6) is -0.667. The monoisotopic (exact) mass is 277 g/mol. The van der Waals surface area contributed by atoms with Crippen molar-refractivity contribution in [1.29, 1.82) is 0 Å². The van der Waals surface area contributed by atoms with Gasteiger partial charge in [-0.3, -0.25) is 0 Å². The van der Waals surface area contributed by atoms with E-state index in [-0.39, 0.29) is 11.6 Å². The maximum Gasteiger partial charge on any atom is 0.146 e. The molecule has 1 unspecified atom stereocenters. The highest BCUT2D eigenvalue weighted by Gasteiger charge is 2.11. The quantitative estimate of drug-likeness (QED) is 0.903. The van der Waals surface area contributed by atoms with Crippen molar-refractivity contribution < 1.29 is 13.9 Å². The van der Waals surface area contributed by atoms with Gasteiger partial charge in [-0.25, -0.2) is 8.78 Å². The standard InChI is InChI=1S/C16H17F2NO/c1-19(15-8-3-2-7-14(15)18)10-9-16(20)12-5-4-6-13(17)11-12/h2-8,11,16,20H,9-10H2,1H3. The summed E-state index contributed by atoms with van der Waals surface area (Å²) in [5.41, 5.74) is 1.02. The van der Waals surface area contributed by atoms with Crippen LogP contribution in [0.15, 0.2) is 48.5 Å². The van der Waals surface area contributed by atoms with Gasteiger partial charge in [0.1, 0.15) is 11.6 Å². The van der Waals surface area contributed by atoms with Crippen molar-refractivity contribution in [2.75, 3.05) is 18.5 Å². The van der Waals surface area contributed by atoms with Crippen LogP contribution in [0.2, 0.25) is 0 Å². The fourth-order valence-corrected chi connectivity index (χ4v) is 2.08. The molecule has 0 amide bonds. The fraction of sp³-hybridized carbons (Fsp3) is 0.250. The number of aliphatic hydroxyl groups is 1. The van der Waals surface area contributed by atoms with Gasteiger partial charge in [0.2, 0.25) is 0 Å². The van der Waals surface area contributed by atoms with Crippen LogP contribution in [0.4, 0.5) is 14.5 Å². The Labute approximate surface area is 117 Å². The molecular weight excluding hydrogens is 260 g/mol. The highest BCUT2D eigenvalue weighted by molar-refractivity contribution is 5.46. The number of anilines is 1. The van der Waals surface area contributed by atoms with E-state index >= 15 is 0 Å². The summed E-state index contributed by atoms with van der Waals surface area (Å²) in [5, 5.41) is 10.0. The summed E-state index contributed by atoms with van der Waals surface area (Å²) in [4.78, 5) is 1.73. The van der Waals surface area contributed by atoms with Crippen molar-refractivity contribution in [2.45, 2.75) is 12.5 Å². The smallest absolute Gasteiger partial charge is 0.146 e. The van der Waals surface area contributed by atoms with E-state index in [1.165, 1.54) is 18.2 Å². The molecule has 0 radical (unpaired) electrons. The van der Waals surface area contributed by atoms with Crippen LogP contribution in [0.5, 0.6) is 0 Å². The van der Waals surface area contributed by atoms with Crippen LogP contribution in [0.25, 0.3) is 0 Å². The molecule has 1 atom stereocenters. The Morgan fingerprint density at radius 3 is 2.55 bits per heavy atom. The minimum absolute atomic E-state index is 0.296. The van der Waals surface area contributed by atoms with Crippen molar-refractivity contribution in [3.63, 3.8) is 0 Å². The highest BCUT2D eigenvalue weighted by Crippen LogP contribution is 2.21. The first-order valence-electron chi connectivity index (χ1n) is 6.47. The molecule has 0 saturated carbocycles. The molecule has 0 spiro atoms. The summed E-state index contributed by atoms with van der Waals surface area (Å²) in [6.45, 7) is 0.471. The van der Waals surface area contributed by atoms with Crippen molar-refractivity contribution >= 4 is 5.69 Å².